The maximum absolute atomic E-state index is 6.26. The highest BCUT2D eigenvalue weighted by molar-refractivity contribution is 9.10. The van der Waals surface area contributed by atoms with Gasteiger partial charge in [-0.1, -0.05) is 60.7 Å². The van der Waals surface area contributed by atoms with E-state index in [-0.39, 0.29) is 0 Å². The van der Waals surface area contributed by atoms with Crippen molar-refractivity contribution in [3.63, 3.8) is 0 Å². The third-order valence-electron chi connectivity index (χ3n) is 5.76. The van der Waals surface area contributed by atoms with Gasteiger partial charge in [-0.25, -0.2) is 0 Å². The fourth-order valence-corrected chi connectivity index (χ4v) is 4.58. The van der Waals surface area contributed by atoms with Gasteiger partial charge in [-0.15, -0.1) is 0 Å². The van der Waals surface area contributed by atoms with E-state index in [2.05, 4.69) is 51.3 Å². The number of para-hydroxylation sites is 1. The Labute approximate surface area is 225 Å². The average Bonchev–Trinajstić information content (AvgIpc) is 2.93. The molecule has 5 rings (SSSR count). The number of benzene rings is 5. The number of hydrogen-bond acceptors (Lipinski definition) is 4. The molecule has 0 bridgehead atoms. The average molecular weight is 552 g/mol. The van der Waals surface area contributed by atoms with Crippen LogP contribution in [-0.2, 0) is 6.61 Å². The van der Waals surface area contributed by atoms with Gasteiger partial charge in [-0.2, -0.15) is 0 Å². The molecule has 0 aliphatic carbocycles. The van der Waals surface area contributed by atoms with E-state index in [9.17, 15) is 0 Å². The summed E-state index contributed by atoms with van der Waals surface area (Å²) >= 11 is 3.68. The van der Waals surface area contributed by atoms with Gasteiger partial charge in [-0.05, 0) is 93.3 Å². The summed E-state index contributed by atoms with van der Waals surface area (Å²) in [6.45, 7) is 2.92. The summed E-state index contributed by atoms with van der Waals surface area (Å²) in [6.07, 6.45) is 1.81. The molecule has 4 nitrogen and oxygen atoms in total. The fraction of sp³-hybridized carbons (Fsp3) is 0.0938. The van der Waals surface area contributed by atoms with Crippen LogP contribution in [0.4, 0.5) is 5.69 Å². The SMILES string of the molecule is CCOc1cc(C=Nc2ccc(Oc3ccccc3)cc2)cc(Br)c1OCc1cccc2ccccc12. The van der Waals surface area contributed by atoms with E-state index in [0.29, 0.717) is 24.7 Å². The zero-order chi connectivity index (χ0) is 25.5. The summed E-state index contributed by atoms with van der Waals surface area (Å²) in [4.78, 5) is 4.63. The molecule has 0 saturated carbocycles. The highest BCUT2D eigenvalue weighted by Gasteiger charge is 2.13. The first-order valence-electron chi connectivity index (χ1n) is 12.1. The van der Waals surface area contributed by atoms with Crippen LogP contribution in [0.1, 0.15) is 18.1 Å². The second kappa shape index (κ2) is 11.8. The number of ether oxygens (including phenoxy) is 3. The molecule has 5 aromatic carbocycles. The van der Waals surface area contributed by atoms with Crippen LogP contribution in [0.2, 0.25) is 0 Å². The molecule has 0 fully saturated rings. The number of halogens is 1. The predicted octanol–water partition coefficient (Wildman–Crippen LogP) is 9.12. The molecule has 0 N–H and O–H groups in total. The number of rotatable bonds is 9. The summed E-state index contributed by atoms with van der Waals surface area (Å²) in [5.41, 5.74) is 2.85. The first-order valence-corrected chi connectivity index (χ1v) is 12.9. The zero-order valence-electron chi connectivity index (χ0n) is 20.4. The molecule has 0 saturated heterocycles. The highest BCUT2D eigenvalue weighted by Crippen LogP contribution is 2.37. The van der Waals surface area contributed by atoms with Gasteiger partial charge in [0.15, 0.2) is 11.5 Å². The minimum Gasteiger partial charge on any atom is -0.490 e. The van der Waals surface area contributed by atoms with E-state index < -0.39 is 0 Å². The van der Waals surface area contributed by atoms with E-state index in [1.165, 1.54) is 10.8 Å². The summed E-state index contributed by atoms with van der Waals surface area (Å²) in [5.74, 6) is 2.91. The molecule has 37 heavy (non-hydrogen) atoms. The van der Waals surface area contributed by atoms with Crippen LogP contribution in [0.25, 0.3) is 10.8 Å². The van der Waals surface area contributed by atoms with E-state index in [0.717, 1.165) is 32.8 Å². The van der Waals surface area contributed by atoms with Gasteiger partial charge in [0.25, 0.3) is 0 Å². The van der Waals surface area contributed by atoms with E-state index in [4.69, 9.17) is 14.2 Å². The first-order chi connectivity index (χ1) is 18.2. The van der Waals surface area contributed by atoms with Crippen LogP contribution in [0.5, 0.6) is 23.0 Å². The molecule has 0 radical (unpaired) electrons. The predicted molar refractivity (Wildman–Crippen MR) is 154 cm³/mol. The quantitative estimate of drug-likeness (QED) is 0.171. The normalized spacial score (nSPS) is 11.1. The molecule has 5 aromatic rings. The maximum Gasteiger partial charge on any atom is 0.175 e. The van der Waals surface area contributed by atoms with Gasteiger partial charge < -0.3 is 14.2 Å². The molecule has 0 amide bonds. The van der Waals surface area contributed by atoms with Crippen molar-refractivity contribution in [1.82, 2.24) is 0 Å². The number of fused-ring (bicyclic) bond motifs is 1. The standard InChI is InChI=1S/C32H26BrNO3/c1-2-35-31-20-23(21-34-26-15-17-28(18-16-26)37-27-12-4-3-5-13-27)19-30(33)32(31)36-22-25-11-8-10-24-9-6-7-14-29(24)25/h3-21H,2,22H2,1H3. The second-order valence-electron chi connectivity index (χ2n) is 8.36. The van der Waals surface area contributed by atoms with Crippen LogP contribution < -0.4 is 14.2 Å². The van der Waals surface area contributed by atoms with E-state index in [1.54, 1.807) is 0 Å². The summed E-state index contributed by atoms with van der Waals surface area (Å²) in [7, 11) is 0. The second-order valence-corrected chi connectivity index (χ2v) is 9.21. The van der Waals surface area contributed by atoms with E-state index >= 15 is 0 Å². The van der Waals surface area contributed by atoms with Crippen molar-refractivity contribution in [1.29, 1.82) is 0 Å². The Hall–Kier alpha value is -4.09. The maximum atomic E-state index is 6.26. The molecule has 0 unspecified atom stereocenters. The topological polar surface area (TPSA) is 40.0 Å². The third-order valence-corrected chi connectivity index (χ3v) is 6.35. The van der Waals surface area contributed by atoms with Crippen LogP contribution in [0, 0.1) is 0 Å². The Morgan fingerprint density at radius 1 is 0.757 bits per heavy atom. The summed E-state index contributed by atoms with van der Waals surface area (Å²) in [5, 5.41) is 2.38. The zero-order valence-corrected chi connectivity index (χ0v) is 22.0. The van der Waals surface area contributed by atoms with Crippen molar-refractivity contribution < 1.29 is 14.2 Å². The first kappa shape index (κ1) is 24.6. The molecule has 184 valence electrons. The third kappa shape index (κ3) is 6.19. The van der Waals surface area contributed by atoms with Crippen LogP contribution in [-0.4, -0.2) is 12.8 Å². The molecular formula is C32H26BrNO3. The van der Waals surface area contributed by atoms with Crippen molar-refractivity contribution in [2.75, 3.05) is 6.61 Å². The van der Waals surface area contributed by atoms with Gasteiger partial charge in [0.1, 0.15) is 18.1 Å². The minimum absolute atomic E-state index is 0.435. The molecule has 0 aliphatic rings. The highest BCUT2D eigenvalue weighted by atomic mass is 79.9. The Morgan fingerprint density at radius 2 is 1.49 bits per heavy atom. The van der Waals surface area contributed by atoms with Crippen molar-refractivity contribution in [3.8, 4) is 23.0 Å². The molecule has 0 atom stereocenters. The Balaban J connectivity index is 1.31. The molecule has 0 spiro atoms. The molecule has 0 aromatic heterocycles. The lowest BCUT2D eigenvalue weighted by molar-refractivity contribution is 0.268. The Morgan fingerprint density at radius 3 is 2.30 bits per heavy atom. The molecule has 0 aliphatic heterocycles. The van der Waals surface area contributed by atoms with Crippen molar-refractivity contribution in [3.05, 3.63) is 125 Å². The smallest absolute Gasteiger partial charge is 0.175 e. The van der Waals surface area contributed by atoms with Crippen LogP contribution in [0.3, 0.4) is 0 Å². The van der Waals surface area contributed by atoms with Crippen molar-refractivity contribution >= 4 is 38.6 Å². The Kier molecular flexibility index (Phi) is 7.82. The lowest BCUT2D eigenvalue weighted by Gasteiger charge is -2.15. The van der Waals surface area contributed by atoms with Crippen molar-refractivity contribution in [2.24, 2.45) is 4.99 Å². The van der Waals surface area contributed by atoms with Gasteiger partial charge in [0.05, 0.1) is 16.8 Å². The molecule has 0 heterocycles. The summed E-state index contributed by atoms with van der Waals surface area (Å²) in [6, 6.07) is 35.9. The lowest BCUT2D eigenvalue weighted by atomic mass is 10.1. The molecular weight excluding hydrogens is 526 g/mol. The van der Waals surface area contributed by atoms with Crippen LogP contribution >= 0.6 is 15.9 Å². The monoisotopic (exact) mass is 551 g/mol. The number of aliphatic imine (C=N–C) groups is 1. The molecule has 5 heteroatoms. The summed E-state index contributed by atoms with van der Waals surface area (Å²) < 4.78 is 18.9. The van der Waals surface area contributed by atoms with Crippen LogP contribution in [0.15, 0.2) is 119 Å². The van der Waals surface area contributed by atoms with Gasteiger partial charge in [0, 0.05) is 6.21 Å². The van der Waals surface area contributed by atoms with Gasteiger partial charge >= 0.3 is 0 Å². The lowest BCUT2D eigenvalue weighted by Crippen LogP contribution is -2.02. The number of nitrogens with zero attached hydrogens (tertiary/aromatic N) is 1. The minimum atomic E-state index is 0.435. The fourth-order valence-electron chi connectivity index (χ4n) is 4.01. The number of hydrogen-bond donors (Lipinski definition) is 0. The Bertz CT molecular complexity index is 1510. The van der Waals surface area contributed by atoms with Crippen molar-refractivity contribution in [2.45, 2.75) is 13.5 Å². The van der Waals surface area contributed by atoms with E-state index in [1.807, 2.05) is 92.0 Å². The van der Waals surface area contributed by atoms with Gasteiger partial charge in [-0.3, -0.25) is 4.99 Å². The van der Waals surface area contributed by atoms with Gasteiger partial charge in [0.2, 0.25) is 0 Å². The largest absolute Gasteiger partial charge is 0.490 e.